The van der Waals surface area contributed by atoms with E-state index in [1.165, 1.54) is 19.3 Å². The highest BCUT2D eigenvalue weighted by Gasteiger charge is 2.54. The number of nitriles is 2. The molecule has 94 valence electrons. The van der Waals surface area contributed by atoms with Gasteiger partial charge in [-0.2, -0.15) is 10.5 Å². The number of rotatable bonds is 3. The second-order valence-electron chi connectivity index (χ2n) is 6.64. The molecule has 0 aromatic heterocycles. The van der Waals surface area contributed by atoms with Crippen LogP contribution in [0.3, 0.4) is 0 Å². The molecule has 3 heteroatoms. The Morgan fingerprint density at radius 3 is 1.89 bits per heavy atom. The maximum atomic E-state index is 12.5. The van der Waals surface area contributed by atoms with E-state index in [0.29, 0.717) is 0 Å². The van der Waals surface area contributed by atoms with Crippen LogP contribution in [0, 0.1) is 51.7 Å². The number of Topliss-reactive ketones (excluding diaryl/α,β-unsaturated/α-hetero) is 1. The summed E-state index contributed by atoms with van der Waals surface area (Å²) in [6.07, 6.45) is 7.18. The Bertz CT molecular complexity index is 405. The van der Waals surface area contributed by atoms with Crippen molar-refractivity contribution in [3.05, 3.63) is 0 Å². The van der Waals surface area contributed by atoms with Gasteiger partial charge in [0.1, 0.15) is 11.7 Å². The summed E-state index contributed by atoms with van der Waals surface area (Å²) >= 11 is 0. The monoisotopic (exact) mass is 242 g/mol. The first-order valence-electron chi connectivity index (χ1n) is 6.98. The third-order valence-electron chi connectivity index (χ3n) is 5.33. The van der Waals surface area contributed by atoms with Crippen molar-refractivity contribution < 1.29 is 4.79 Å². The number of carbonyl (C=O) groups excluding carboxylic acids is 1. The fraction of sp³-hybridized carbons (Fsp3) is 0.800. The lowest BCUT2D eigenvalue weighted by atomic mass is 9.48. The Morgan fingerprint density at radius 1 is 1.06 bits per heavy atom. The molecule has 0 aliphatic heterocycles. The van der Waals surface area contributed by atoms with Crippen LogP contribution in [-0.4, -0.2) is 5.78 Å². The number of hydrogen-bond donors (Lipinski definition) is 0. The maximum Gasteiger partial charge on any atom is 0.141 e. The van der Waals surface area contributed by atoms with Gasteiger partial charge in [0, 0.05) is 11.8 Å². The molecule has 0 aromatic rings. The van der Waals surface area contributed by atoms with Crippen molar-refractivity contribution in [1.29, 1.82) is 10.5 Å². The fourth-order valence-electron chi connectivity index (χ4n) is 4.97. The van der Waals surface area contributed by atoms with Gasteiger partial charge in [-0.05, 0) is 56.3 Å². The van der Waals surface area contributed by atoms with E-state index in [1.807, 2.05) is 12.1 Å². The number of nitrogens with zero attached hydrogens (tertiary/aromatic N) is 2. The van der Waals surface area contributed by atoms with Gasteiger partial charge in [0.15, 0.2) is 0 Å². The smallest absolute Gasteiger partial charge is 0.141 e. The SMILES string of the molecule is N#CC(C#N)CC(=O)C12CC3CC(CC(C3)C1)C2. The van der Waals surface area contributed by atoms with E-state index >= 15 is 0 Å². The van der Waals surface area contributed by atoms with Crippen molar-refractivity contribution in [3.63, 3.8) is 0 Å². The predicted molar refractivity (Wildman–Crippen MR) is 64.9 cm³/mol. The minimum absolute atomic E-state index is 0.152. The molecule has 0 N–H and O–H groups in total. The second kappa shape index (κ2) is 4.09. The molecular weight excluding hydrogens is 224 g/mol. The largest absolute Gasteiger partial charge is 0.299 e. The molecule has 4 bridgehead atoms. The average Bonchev–Trinajstić information content (AvgIpc) is 2.34. The lowest BCUT2D eigenvalue weighted by Crippen LogP contribution is -2.50. The van der Waals surface area contributed by atoms with Gasteiger partial charge < -0.3 is 0 Å². The minimum atomic E-state index is -0.745. The summed E-state index contributed by atoms with van der Waals surface area (Å²) < 4.78 is 0. The Kier molecular flexibility index (Phi) is 2.67. The first kappa shape index (κ1) is 11.7. The van der Waals surface area contributed by atoms with Crippen molar-refractivity contribution in [1.82, 2.24) is 0 Å². The van der Waals surface area contributed by atoms with Gasteiger partial charge >= 0.3 is 0 Å². The van der Waals surface area contributed by atoms with Crippen LogP contribution in [0.1, 0.15) is 44.9 Å². The van der Waals surface area contributed by atoms with Crippen LogP contribution in [0.25, 0.3) is 0 Å². The molecule has 0 spiro atoms. The van der Waals surface area contributed by atoms with Crippen molar-refractivity contribution in [3.8, 4) is 12.1 Å². The van der Waals surface area contributed by atoms with E-state index in [0.717, 1.165) is 37.0 Å². The molecule has 4 rings (SSSR count). The van der Waals surface area contributed by atoms with Gasteiger partial charge in [-0.25, -0.2) is 0 Å². The van der Waals surface area contributed by atoms with Crippen LogP contribution >= 0.6 is 0 Å². The van der Waals surface area contributed by atoms with E-state index in [2.05, 4.69) is 0 Å². The molecule has 3 nitrogen and oxygen atoms in total. The molecule has 0 saturated heterocycles. The van der Waals surface area contributed by atoms with Crippen molar-refractivity contribution in [2.75, 3.05) is 0 Å². The van der Waals surface area contributed by atoms with Crippen molar-refractivity contribution in [2.24, 2.45) is 29.1 Å². The number of ketones is 1. The van der Waals surface area contributed by atoms with E-state index < -0.39 is 5.92 Å². The van der Waals surface area contributed by atoms with E-state index in [9.17, 15) is 4.79 Å². The molecule has 0 unspecified atom stereocenters. The normalized spacial score (nSPS) is 40.5. The first-order valence-corrected chi connectivity index (χ1v) is 6.98. The molecule has 0 atom stereocenters. The molecule has 4 aliphatic carbocycles. The Balaban J connectivity index is 1.78. The fourth-order valence-corrected chi connectivity index (χ4v) is 4.97. The van der Waals surface area contributed by atoms with E-state index in [1.54, 1.807) is 0 Å². The molecule has 0 aromatic carbocycles. The quantitative estimate of drug-likeness (QED) is 0.764. The summed E-state index contributed by atoms with van der Waals surface area (Å²) in [6.45, 7) is 0. The molecule has 0 radical (unpaired) electrons. The lowest BCUT2D eigenvalue weighted by Gasteiger charge is -2.56. The minimum Gasteiger partial charge on any atom is -0.299 e. The van der Waals surface area contributed by atoms with Gasteiger partial charge in [0.05, 0.1) is 12.1 Å². The highest BCUT2D eigenvalue weighted by Crippen LogP contribution is 2.60. The summed E-state index contributed by atoms with van der Waals surface area (Å²) in [6, 6.07) is 3.87. The Morgan fingerprint density at radius 2 is 1.50 bits per heavy atom. The van der Waals surface area contributed by atoms with Gasteiger partial charge in [0.25, 0.3) is 0 Å². The lowest BCUT2D eigenvalue weighted by molar-refractivity contribution is -0.144. The highest BCUT2D eigenvalue weighted by atomic mass is 16.1. The van der Waals surface area contributed by atoms with Crippen molar-refractivity contribution >= 4 is 5.78 Å². The van der Waals surface area contributed by atoms with Crippen molar-refractivity contribution in [2.45, 2.75) is 44.9 Å². The molecule has 0 amide bonds. The summed E-state index contributed by atoms with van der Waals surface area (Å²) in [7, 11) is 0. The van der Waals surface area contributed by atoms with Crippen LogP contribution in [0.2, 0.25) is 0 Å². The van der Waals surface area contributed by atoms with Gasteiger partial charge in [0.2, 0.25) is 0 Å². The molecule has 0 heterocycles. The zero-order chi connectivity index (χ0) is 12.8. The first-order chi connectivity index (χ1) is 8.65. The van der Waals surface area contributed by atoms with Gasteiger partial charge in [-0.1, -0.05) is 0 Å². The maximum absolute atomic E-state index is 12.5. The van der Waals surface area contributed by atoms with Gasteiger partial charge in [-0.3, -0.25) is 4.79 Å². The third-order valence-corrected chi connectivity index (χ3v) is 5.33. The van der Waals surface area contributed by atoms with Crippen LogP contribution in [0.15, 0.2) is 0 Å². The standard InChI is InChI=1S/C15H18N2O/c16-8-13(9-17)4-14(18)15-5-10-1-11(6-15)3-12(2-10)7-15/h10-13H,1-7H2. The summed E-state index contributed by atoms with van der Waals surface area (Å²) in [5.41, 5.74) is -0.152. The average molecular weight is 242 g/mol. The van der Waals surface area contributed by atoms with E-state index in [-0.39, 0.29) is 17.6 Å². The highest BCUT2D eigenvalue weighted by molar-refractivity contribution is 5.86. The van der Waals surface area contributed by atoms with Crippen LogP contribution in [-0.2, 0) is 4.79 Å². The molecule has 4 aliphatic rings. The molecule has 4 saturated carbocycles. The van der Waals surface area contributed by atoms with Crippen LogP contribution in [0.4, 0.5) is 0 Å². The second-order valence-corrected chi connectivity index (χ2v) is 6.64. The summed E-state index contributed by atoms with van der Waals surface area (Å²) in [5.74, 6) is 1.67. The third kappa shape index (κ3) is 1.74. The Labute approximate surface area is 108 Å². The number of hydrogen-bond acceptors (Lipinski definition) is 3. The summed E-state index contributed by atoms with van der Waals surface area (Å²) in [4.78, 5) is 12.5. The van der Waals surface area contributed by atoms with Crippen LogP contribution in [0.5, 0.6) is 0 Å². The topological polar surface area (TPSA) is 64.7 Å². The number of carbonyl (C=O) groups is 1. The molecular formula is C15H18N2O. The Hall–Kier alpha value is -1.35. The zero-order valence-electron chi connectivity index (χ0n) is 10.6. The van der Waals surface area contributed by atoms with Gasteiger partial charge in [-0.15, -0.1) is 0 Å². The summed E-state index contributed by atoms with van der Waals surface area (Å²) in [5, 5.41) is 17.7. The predicted octanol–water partition coefficient (Wildman–Crippen LogP) is 2.83. The van der Waals surface area contributed by atoms with Crippen LogP contribution < -0.4 is 0 Å². The molecule has 18 heavy (non-hydrogen) atoms. The van der Waals surface area contributed by atoms with E-state index in [4.69, 9.17) is 10.5 Å². The zero-order valence-corrected chi connectivity index (χ0v) is 10.6. The molecule has 4 fully saturated rings.